The van der Waals surface area contributed by atoms with Crippen LogP contribution in [0.25, 0.3) is 0 Å². The van der Waals surface area contributed by atoms with Crippen LogP contribution >= 0.6 is 31.9 Å². The fraction of sp³-hybridized carbons (Fsp3) is 0.545. The van der Waals surface area contributed by atoms with Crippen molar-refractivity contribution in [3.8, 4) is 0 Å². The first-order valence-electron chi connectivity index (χ1n) is 5.45. The number of aromatic nitrogens is 1. The van der Waals surface area contributed by atoms with Crippen LogP contribution in [0.15, 0.2) is 26.0 Å². The van der Waals surface area contributed by atoms with Crippen molar-refractivity contribution in [1.82, 2.24) is 4.57 Å². The number of rotatable bonds is 3. The maximum Gasteiger partial charge on any atom is 0.264 e. The molecule has 6 heteroatoms. The summed E-state index contributed by atoms with van der Waals surface area (Å²) in [6.07, 6.45) is 3.21. The van der Waals surface area contributed by atoms with Gasteiger partial charge < -0.3 is 14.0 Å². The summed E-state index contributed by atoms with van der Waals surface area (Å²) in [5.41, 5.74) is -0.0380. The molecular formula is C11H13Br2NO3. The topological polar surface area (TPSA) is 40.5 Å². The molecule has 0 bridgehead atoms. The summed E-state index contributed by atoms with van der Waals surface area (Å²) in [6.45, 7) is 2.06. The number of ether oxygens (including phenoxy) is 2. The minimum Gasteiger partial charge on any atom is -0.353 e. The fourth-order valence-electron chi connectivity index (χ4n) is 1.68. The van der Waals surface area contributed by atoms with Crippen molar-refractivity contribution in [2.45, 2.75) is 25.7 Å². The molecule has 1 aromatic heterocycles. The molecule has 0 amide bonds. The maximum atomic E-state index is 11.8. The highest BCUT2D eigenvalue weighted by Crippen LogP contribution is 2.14. The quantitative estimate of drug-likeness (QED) is 0.825. The molecule has 1 saturated heterocycles. The van der Waals surface area contributed by atoms with E-state index in [9.17, 15) is 4.79 Å². The van der Waals surface area contributed by atoms with Crippen LogP contribution in [-0.2, 0) is 16.0 Å². The van der Waals surface area contributed by atoms with Gasteiger partial charge in [0.1, 0.15) is 0 Å². The van der Waals surface area contributed by atoms with Crippen LogP contribution in [0.1, 0.15) is 12.8 Å². The third-order valence-electron chi connectivity index (χ3n) is 2.51. The molecule has 2 rings (SSSR count). The maximum absolute atomic E-state index is 11.8. The lowest BCUT2D eigenvalue weighted by atomic mass is 10.3. The minimum absolute atomic E-state index is 0.0380. The van der Waals surface area contributed by atoms with Gasteiger partial charge in [-0.15, -0.1) is 0 Å². The Morgan fingerprint density at radius 1 is 1.35 bits per heavy atom. The van der Waals surface area contributed by atoms with Gasteiger partial charge in [0.25, 0.3) is 5.56 Å². The zero-order valence-corrected chi connectivity index (χ0v) is 12.4. The van der Waals surface area contributed by atoms with Crippen LogP contribution in [0.4, 0.5) is 0 Å². The summed E-state index contributed by atoms with van der Waals surface area (Å²) in [5.74, 6) is 0. The lowest BCUT2D eigenvalue weighted by molar-refractivity contribution is -0.182. The van der Waals surface area contributed by atoms with Crippen molar-refractivity contribution in [2.24, 2.45) is 0 Å². The number of pyridine rings is 1. The van der Waals surface area contributed by atoms with Crippen molar-refractivity contribution in [3.05, 3.63) is 31.6 Å². The molecule has 0 spiro atoms. The second-order valence-corrected chi connectivity index (χ2v) is 5.59. The second kappa shape index (κ2) is 6.13. The first-order valence-corrected chi connectivity index (χ1v) is 7.04. The molecule has 2 heterocycles. The number of halogens is 2. The highest BCUT2D eigenvalue weighted by molar-refractivity contribution is 9.11. The monoisotopic (exact) mass is 365 g/mol. The Morgan fingerprint density at radius 3 is 2.76 bits per heavy atom. The Morgan fingerprint density at radius 2 is 2.06 bits per heavy atom. The molecular weight excluding hydrogens is 354 g/mol. The fourth-order valence-corrected chi connectivity index (χ4v) is 2.94. The van der Waals surface area contributed by atoms with E-state index in [0.29, 0.717) is 17.4 Å². The van der Waals surface area contributed by atoms with Crippen LogP contribution in [0.5, 0.6) is 0 Å². The van der Waals surface area contributed by atoms with Crippen LogP contribution < -0.4 is 5.56 Å². The molecule has 0 N–H and O–H groups in total. The van der Waals surface area contributed by atoms with Crippen molar-refractivity contribution in [3.63, 3.8) is 0 Å². The highest BCUT2D eigenvalue weighted by Gasteiger charge is 2.14. The van der Waals surface area contributed by atoms with E-state index in [1.165, 1.54) is 0 Å². The second-order valence-electron chi connectivity index (χ2n) is 3.82. The van der Waals surface area contributed by atoms with Gasteiger partial charge in [-0.1, -0.05) is 0 Å². The van der Waals surface area contributed by atoms with E-state index < -0.39 is 0 Å². The highest BCUT2D eigenvalue weighted by atomic mass is 79.9. The molecule has 1 aliphatic rings. The van der Waals surface area contributed by atoms with Gasteiger partial charge in [0.05, 0.1) is 17.7 Å². The molecule has 0 aliphatic carbocycles. The summed E-state index contributed by atoms with van der Waals surface area (Å²) in [7, 11) is 0. The van der Waals surface area contributed by atoms with Crippen molar-refractivity contribution in [2.75, 3.05) is 13.2 Å². The number of hydrogen-bond acceptors (Lipinski definition) is 3. The van der Waals surface area contributed by atoms with Gasteiger partial charge in [-0.3, -0.25) is 4.79 Å². The molecule has 0 saturated carbocycles. The largest absolute Gasteiger partial charge is 0.353 e. The molecule has 94 valence electrons. The first kappa shape index (κ1) is 13.3. The SMILES string of the molecule is O=c1c(Br)cc(Br)cn1CCC1OCCCO1. The van der Waals surface area contributed by atoms with E-state index >= 15 is 0 Å². The minimum atomic E-state index is -0.187. The lowest BCUT2D eigenvalue weighted by Crippen LogP contribution is -2.28. The van der Waals surface area contributed by atoms with Crippen LogP contribution in [-0.4, -0.2) is 24.1 Å². The lowest BCUT2D eigenvalue weighted by Gasteiger charge is -2.23. The average molecular weight is 367 g/mol. The molecule has 0 radical (unpaired) electrons. The van der Waals surface area contributed by atoms with E-state index in [4.69, 9.17) is 9.47 Å². The molecule has 0 unspecified atom stereocenters. The molecule has 1 aliphatic heterocycles. The molecule has 1 fully saturated rings. The molecule has 4 nitrogen and oxygen atoms in total. The smallest absolute Gasteiger partial charge is 0.264 e. The third-order valence-corrected chi connectivity index (χ3v) is 3.51. The van der Waals surface area contributed by atoms with Crippen molar-refractivity contribution in [1.29, 1.82) is 0 Å². The van der Waals surface area contributed by atoms with Gasteiger partial charge in [0.2, 0.25) is 0 Å². The number of hydrogen-bond donors (Lipinski definition) is 0. The predicted molar refractivity (Wildman–Crippen MR) is 71.0 cm³/mol. The first-order chi connectivity index (χ1) is 8.16. The summed E-state index contributed by atoms with van der Waals surface area (Å²) >= 11 is 6.60. The van der Waals surface area contributed by atoms with E-state index in [1.54, 1.807) is 16.8 Å². The standard InChI is InChI=1S/C11H13Br2NO3/c12-8-6-9(13)11(15)14(7-8)3-2-10-16-4-1-5-17-10/h6-7,10H,1-5H2. The Kier molecular flexibility index (Phi) is 4.78. The normalized spacial score (nSPS) is 17.3. The Hall–Kier alpha value is -0.170. The van der Waals surface area contributed by atoms with E-state index in [-0.39, 0.29) is 11.8 Å². The summed E-state index contributed by atoms with van der Waals surface area (Å²) in [4.78, 5) is 11.8. The zero-order chi connectivity index (χ0) is 12.3. The van der Waals surface area contributed by atoms with Gasteiger partial charge in [-0.05, 0) is 44.3 Å². The molecule has 0 aromatic carbocycles. The van der Waals surface area contributed by atoms with Crippen molar-refractivity contribution >= 4 is 31.9 Å². The summed E-state index contributed by atoms with van der Waals surface area (Å²) < 4.78 is 13.9. The average Bonchev–Trinajstić information content (AvgIpc) is 2.33. The van der Waals surface area contributed by atoms with E-state index in [2.05, 4.69) is 31.9 Å². The van der Waals surface area contributed by atoms with Gasteiger partial charge in [-0.2, -0.15) is 0 Å². The zero-order valence-electron chi connectivity index (χ0n) is 9.20. The van der Waals surface area contributed by atoms with Crippen molar-refractivity contribution < 1.29 is 9.47 Å². The predicted octanol–water partition coefficient (Wildman–Crippen LogP) is 2.53. The van der Waals surface area contributed by atoms with Gasteiger partial charge in [0.15, 0.2) is 6.29 Å². The van der Waals surface area contributed by atoms with E-state index in [1.807, 2.05) is 0 Å². The van der Waals surface area contributed by atoms with Crippen LogP contribution in [0.3, 0.4) is 0 Å². The Balaban J connectivity index is 2.00. The van der Waals surface area contributed by atoms with Gasteiger partial charge >= 0.3 is 0 Å². The van der Waals surface area contributed by atoms with Gasteiger partial charge in [-0.25, -0.2) is 0 Å². The third kappa shape index (κ3) is 3.64. The van der Waals surface area contributed by atoms with Crippen LogP contribution in [0, 0.1) is 0 Å². The Labute approximate surface area is 116 Å². The summed E-state index contributed by atoms with van der Waals surface area (Å²) in [6, 6.07) is 1.74. The van der Waals surface area contributed by atoms with Gasteiger partial charge in [0, 0.05) is 23.6 Å². The van der Waals surface area contributed by atoms with E-state index in [0.717, 1.165) is 24.1 Å². The molecule has 1 aromatic rings. The Bertz CT molecular complexity index is 441. The molecule has 17 heavy (non-hydrogen) atoms. The van der Waals surface area contributed by atoms with Crippen LogP contribution in [0.2, 0.25) is 0 Å². The molecule has 0 atom stereocenters. The number of aryl methyl sites for hydroxylation is 1. The summed E-state index contributed by atoms with van der Waals surface area (Å²) in [5, 5.41) is 0. The number of nitrogens with zero attached hydrogens (tertiary/aromatic N) is 1.